The van der Waals surface area contributed by atoms with Gasteiger partial charge in [-0.15, -0.1) is 0 Å². The topological polar surface area (TPSA) is 41.6 Å². The molecule has 19 heavy (non-hydrogen) atoms. The summed E-state index contributed by atoms with van der Waals surface area (Å²) in [6.45, 7) is 10.9. The number of unbranched alkanes of at least 4 members (excludes halogenated alkanes) is 1. The highest BCUT2D eigenvalue weighted by Gasteiger charge is 2.35. The molecule has 0 aromatic carbocycles. The molecule has 1 rings (SSSR count). The van der Waals surface area contributed by atoms with Crippen LogP contribution < -0.4 is 5.32 Å². The van der Waals surface area contributed by atoms with E-state index < -0.39 is 0 Å². The molecule has 1 fully saturated rings. The molecule has 4 heteroatoms. The third-order valence-electron chi connectivity index (χ3n) is 3.50. The van der Waals surface area contributed by atoms with E-state index in [1.165, 1.54) is 6.42 Å². The zero-order chi connectivity index (χ0) is 14.3. The number of nitrogens with zero attached hydrogens (tertiary/aromatic N) is 1. The minimum atomic E-state index is -0.0373. The van der Waals surface area contributed by atoms with Gasteiger partial charge >= 0.3 is 0 Å². The molecule has 112 valence electrons. The Hall–Kier alpha value is -0.610. The molecule has 0 aromatic heterocycles. The number of rotatable bonds is 9. The number of carbonyl (C=O) groups is 1. The number of hydrogen-bond acceptors (Lipinski definition) is 3. The maximum atomic E-state index is 12.1. The molecule has 4 nitrogen and oxygen atoms in total. The van der Waals surface area contributed by atoms with Crippen molar-refractivity contribution in [2.75, 3.05) is 19.8 Å². The van der Waals surface area contributed by atoms with Crippen molar-refractivity contribution in [3.05, 3.63) is 0 Å². The highest BCUT2D eigenvalue weighted by atomic mass is 16.5. The molecular formula is C15H30N2O2. The van der Waals surface area contributed by atoms with Gasteiger partial charge in [0.15, 0.2) is 0 Å². The third kappa shape index (κ3) is 5.49. The highest BCUT2D eigenvalue weighted by Crippen LogP contribution is 2.17. The zero-order valence-electron chi connectivity index (χ0n) is 12.9. The van der Waals surface area contributed by atoms with Gasteiger partial charge in [0.05, 0.1) is 12.2 Å². The fraction of sp³-hybridized carbons (Fsp3) is 0.933. The van der Waals surface area contributed by atoms with Gasteiger partial charge in [-0.25, -0.2) is 0 Å². The number of ether oxygens (including phenoxy) is 1. The van der Waals surface area contributed by atoms with Crippen LogP contribution in [-0.2, 0) is 9.53 Å². The van der Waals surface area contributed by atoms with Crippen molar-refractivity contribution in [2.45, 2.75) is 65.6 Å². The summed E-state index contributed by atoms with van der Waals surface area (Å²) in [6, 6.07) is -0.0373. The number of carbonyl (C=O) groups excluding carboxylic acids is 1. The molecule has 1 heterocycles. The molecule has 0 radical (unpaired) electrons. The summed E-state index contributed by atoms with van der Waals surface area (Å²) in [7, 11) is 0. The summed E-state index contributed by atoms with van der Waals surface area (Å²) in [5.41, 5.74) is 0. The normalized spacial score (nSPS) is 23.6. The standard InChI is InChI=1S/C15H30N2O2/c1-5-6-9-19-10-7-8-17-14(11-12(2)3)16-13(4)15(17)18/h12-14,16H,5-11H2,1-4H3. The van der Waals surface area contributed by atoms with Crippen LogP contribution in [0.25, 0.3) is 0 Å². The lowest BCUT2D eigenvalue weighted by Crippen LogP contribution is -2.39. The maximum absolute atomic E-state index is 12.1. The second kappa shape index (κ2) is 8.54. The minimum absolute atomic E-state index is 0.0373. The van der Waals surface area contributed by atoms with Crippen molar-refractivity contribution in [3.63, 3.8) is 0 Å². The van der Waals surface area contributed by atoms with E-state index in [1.54, 1.807) is 0 Å². The van der Waals surface area contributed by atoms with Gasteiger partial charge in [0.2, 0.25) is 5.91 Å². The van der Waals surface area contributed by atoms with Crippen LogP contribution in [0.2, 0.25) is 0 Å². The smallest absolute Gasteiger partial charge is 0.240 e. The van der Waals surface area contributed by atoms with E-state index in [9.17, 15) is 4.79 Å². The first-order valence-electron chi connectivity index (χ1n) is 7.70. The van der Waals surface area contributed by atoms with E-state index in [-0.39, 0.29) is 18.1 Å². The Morgan fingerprint density at radius 1 is 1.32 bits per heavy atom. The lowest BCUT2D eigenvalue weighted by molar-refractivity contribution is -0.130. The Bertz CT molecular complexity index is 269. The molecule has 0 aromatic rings. The van der Waals surface area contributed by atoms with Crippen molar-refractivity contribution in [1.82, 2.24) is 10.2 Å². The lowest BCUT2D eigenvalue weighted by Gasteiger charge is -2.25. The molecular weight excluding hydrogens is 240 g/mol. The molecule has 2 atom stereocenters. The third-order valence-corrected chi connectivity index (χ3v) is 3.50. The first-order chi connectivity index (χ1) is 9.06. The number of nitrogens with one attached hydrogen (secondary N) is 1. The van der Waals surface area contributed by atoms with Crippen molar-refractivity contribution >= 4 is 5.91 Å². The van der Waals surface area contributed by atoms with Gasteiger partial charge in [-0.3, -0.25) is 10.1 Å². The molecule has 0 saturated carbocycles. The molecule has 1 aliphatic heterocycles. The van der Waals surface area contributed by atoms with Crippen LogP contribution in [0.3, 0.4) is 0 Å². The average molecular weight is 270 g/mol. The van der Waals surface area contributed by atoms with E-state index in [0.717, 1.165) is 39.0 Å². The van der Waals surface area contributed by atoms with Crippen molar-refractivity contribution in [2.24, 2.45) is 5.92 Å². The van der Waals surface area contributed by atoms with Crippen LogP contribution in [0.4, 0.5) is 0 Å². The molecule has 1 aliphatic rings. The summed E-state index contributed by atoms with van der Waals surface area (Å²) in [4.78, 5) is 14.1. The quantitative estimate of drug-likeness (QED) is 0.654. The SMILES string of the molecule is CCCCOCCCN1C(=O)C(C)NC1CC(C)C. The monoisotopic (exact) mass is 270 g/mol. The second-order valence-electron chi connectivity index (χ2n) is 5.88. The van der Waals surface area contributed by atoms with E-state index in [4.69, 9.17) is 4.74 Å². The highest BCUT2D eigenvalue weighted by molar-refractivity contribution is 5.83. The average Bonchev–Trinajstić information content (AvgIpc) is 2.60. The molecule has 1 amide bonds. The van der Waals surface area contributed by atoms with Gasteiger partial charge < -0.3 is 9.64 Å². The summed E-state index contributed by atoms with van der Waals surface area (Å²) in [6.07, 6.45) is 4.45. The maximum Gasteiger partial charge on any atom is 0.240 e. The Labute approximate surface area is 117 Å². The van der Waals surface area contributed by atoms with Crippen LogP contribution in [0.1, 0.15) is 53.4 Å². The molecule has 0 aliphatic carbocycles. The Morgan fingerprint density at radius 2 is 2.00 bits per heavy atom. The second-order valence-corrected chi connectivity index (χ2v) is 5.88. The van der Waals surface area contributed by atoms with Crippen LogP contribution in [0.15, 0.2) is 0 Å². The zero-order valence-corrected chi connectivity index (χ0v) is 12.9. The summed E-state index contributed by atoms with van der Waals surface area (Å²) in [5, 5.41) is 3.38. The van der Waals surface area contributed by atoms with Crippen molar-refractivity contribution in [3.8, 4) is 0 Å². The Kier molecular flexibility index (Phi) is 7.39. The fourth-order valence-electron chi connectivity index (χ4n) is 2.45. The van der Waals surface area contributed by atoms with Gasteiger partial charge in [0.25, 0.3) is 0 Å². The van der Waals surface area contributed by atoms with Gasteiger partial charge in [0, 0.05) is 19.8 Å². The van der Waals surface area contributed by atoms with Crippen LogP contribution in [0.5, 0.6) is 0 Å². The van der Waals surface area contributed by atoms with Gasteiger partial charge in [-0.2, -0.15) is 0 Å². The number of amides is 1. The first-order valence-corrected chi connectivity index (χ1v) is 7.70. The van der Waals surface area contributed by atoms with Crippen LogP contribution in [-0.4, -0.2) is 42.8 Å². The van der Waals surface area contributed by atoms with Crippen LogP contribution >= 0.6 is 0 Å². The first kappa shape index (κ1) is 16.4. The molecule has 0 bridgehead atoms. The van der Waals surface area contributed by atoms with Crippen molar-refractivity contribution in [1.29, 1.82) is 0 Å². The fourth-order valence-corrected chi connectivity index (χ4v) is 2.45. The lowest BCUT2D eigenvalue weighted by atomic mass is 10.1. The molecule has 2 unspecified atom stereocenters. The minimum Gasteiger partial charge on any atom is -0.381 e. The summed E-state index contributed by atoms with van der Waals surface area (Å²) in [5.74, 6) is 0.832. The number of hydrogen-bond donors (Lipinski definition) is 1. The molecule has 1 N–H and O–H groups in total. The van der Waals surface area contributed by atoms with Gasteiger partial charge in [0.1, 0.15) is 0 Å². The van der Waals surface area contributed by atoms with Gasteiger partial charge in [-0.1, -0.05) is 27.2 Å². The predicted octanol–water partition coefficient (Wildman–Crippen LogP) is 2.39. The van der Waals surface area contributed by atoms with E-state index in [2.05, 4.69) is 26.1 Å². The van der Waals surface area contributed by atoms with Gasteiger partial charge in [-0.05, 0) is 32.1 Å². The predicted molar refractivity (Wildman–Crippen MR) is 77.9 cm³/mol. The Morgan fingerprint density at radius 3 is 2.63 bits per heavy atom. The summed E-state index contributed by atoms with van der Waals surface area (Å²) < 4.78 is 5.55. The van der Waals surface area contributed by atoms with E-state index in [0.29, 0.717) is 5.92 Å². The molecule has 1 saturated heterocycles. The Balaban J connectivity index is 2.29. The van der Waals surface area contributed by atoms with E-state index >= 15 is 0 Å². The summed E-state index contributed by atoms with van der Waals surface area (Å²) >= 11 is 0. The largest absolute Gasteiger partial charge is 0.381 e. The van der Waals surface area contributed by atoms with Crippen LogP contribution in [0, 0.1) is 5.92 Å². The van der Waals surface area contributed by atoms with E-state index in [1.807, 2.05) is 11.8 Å². The molecule has 0 spiro atoms. The van der Waals surface area contributed by atoms with Crippen molar-refractivity contribution < 1.29 is 9.53 Å².